The summed E-state index contributed by atoms with van der Waals surface area (Å²) in [5, 5.41) is 16.0. The van der Waals surface area contributed by atoms with Gasteiger partial charge in [0.25, 0.3) is 0 Å². The highest BCUT2D eigenvalue weighted by molar-refractivity contribution is 5.76. The third-order valence-corrected chi connectivity index (χ3v) is 2.50. The largest absolute Gasteiger partial charge is 0.389 e. The van der Waals surface area contributed by atoms with E-state index in [9.17, 15) is 9.90 Å². The number of carbonyl (C=O) groups is 1. The SMILES string of the molecule is Cc1noc(C)c1CCC(=O)NCC(C)(C)O. The Morgan fingerprint density at radius 2 is 2.12 bits per heavy atom. The van der Waals surface area contributed by atoms with Gasteiger partial charge in [-0.05, 0) is 34.1 Å². The van der Waals surface area contributed by atoms with E-state index in [2.05, 4.69) is 10.5 Å². The molecule has 0 bridgehead atoms. The summed E-state index contributed by atoms with van der Waals surface area (Å²) in [5.41, 5.74) is 0.944. The summed E-state index contributed by atoms with van der Waals surface area (Å²) in [6.07, 6.45) is 0.984. The highest BCUT2D eigenvalue weighted by atomic mass is 16.5. The average Bonchev–Trinajstić information content (AvgIpc) is 2.52. The highest BCUT2D eigenvalue weighted by Crippen LogP contribution is 2.14. The molecule has 0 radical (unpaired) electrons. The van der Waals surface area contributed by atoms with E-state index in [1.54, 1.807) is 13.8 Å². The second kappa shape index (κ2) is 5.31. The van der Waals surface area contributed by atoms with Gasteiger partial charge in [0.1, 0.15) is 5.76 Å². The van der Waals surface area contributed by atoms with Crippen LogP contribution in [-0.2, 0) is 11.2 Å². The molecule has 1 heterocycles. The summed E-state index contributed by atoms with van der Waals surface area (Å²) < 4.78 is 5.02. The van der Waals surface area contributed by atoms with Gasteiger partial charge in [-0.25, -0.2) is 0 Å². The summed E-state index contributed by atoms with van der Waals surface area (Å²) in [6.45, 7) is 7.27. The Hall–Kier alpha value is -1.36. The maximum Gasteiger partial charge on any atom is 0.220 e. The lowest BCUT2D eigenvalue weighted by atomic mass is 10.1. The van der Waals surface area contributed by atoms with Crippen LogP contribution in [0.5, 0.6) is 0 Å². The van der Waals surface area contributed by atoms with Gasteiger partial charge in [-0.2, -0.15) is 0 Å². The third kappa shape index (κ3) is 4.56. The minimum atomic E-state index is -0.876. The molecule has 0 fully saturated rings. The van der Waals surface area contributed by atoms with Crippen LogP contribution in [0.3, 0.4) is 0 Å². The summed E-state index contributed by atoms with van der Waals surface area (Å²) in [5.74, 6) is 0.685. The molecule has 0 spiro atoms. The van der Waals surface area contributed by atoms with Crippen molar-refractivity contribution in [3.63, 3.8) is 0 Å². The fourth-order valence-electron chi connectivity index (χ4n) is 1.50. The van der Waals surface area contributed by atoms with Crippen molar-refractivity contribution in [2.24, 2.45) is 0 Å². The average molecular weight is 240 g/mol. The zero-order valence-corrected chi connectivity index (χ0v) is 10.8. The Bertz CT molecular complexity index is 371. The molecule has 2 N–H and O–H groups in total. The molecule has 0 aliphatic heterocycles. The van der Waals surface area contributed by atoms with Gasteiger partial charge in [0.05, 0.1) is 11.3 Å². The van der Waals surface area contributed by atoms with E-state index in [4.69, 9.17) is 4.52 Å². The zero-order chi connectivity index (χ0) is 13.1. The van der Waals surface area contributed by atoms with Crippen molar-refractivity contribution in [2.75, 3.05) is 6.54 Å². The Morgan fingerprint density at radius 3 is 2.59 bits per heavy atom. The summed E-state index contributed by atoms with van der Waals surface area (Å²) in [7, 11) is 0. The standard InChI is InChI=1S/C12H20N2O3/c1-8-10(9(2)17-14-8)5-6-11(15)13-7-12(3,4)16/h16H,5-7H2,1-4H3,(H,13,15). The number of nitrogens with one attached hydrogen (secondary N) is 1. The Kier molecular flexibility index (Phi) is 4.28. The molecule has 1 aromatic rings. The highest BCUT2D eigenvalue weighted by Gasteiger charge is 2.15. The van der Waals surface area contributed by atoms with E-state index in [1.807, 2.05) is 13.8 Å². The predicted octanol–water partition coefficient (Wildman–Crippen LogP) is 1.11. The van der Waals surface area contributed by atoms with E-state index in [0.29, 0.717) is 12.8 Å². The number of carbonyl (C=O) groups excluding carboxylic acids is 1. The monoisotopic (exact) mass is 240 g/mol. The lowest BCUT2D eigenvalue weighted by Gasteiger charge is -2.17. The van der Waals surface area contributed by atoms with Crippen molar-refractivity contribution in [3.05, 3.63) is 17.0 Å². The van der Waals surface area contributed by atoms with Gasteiger partial charge in [0, 0.05) is 18.5 Å². The van der Waals surface area contributed by atoms with E-state index in [-0.39, 0.29) is 12.5 Å². The van der Waals surface area contributed by atoms with Gasteiger partial charge in [-0.1, -0.05) is 5.16 Å². The maximum atomic E-state index is 11.5. The number of aryl methyl sites for hydroxylation is 2. The zero-order valence-electron chi connectivity index (χ0n) is 10.8. The summed E-state index contributed by atoms with van der Waals surface area (Å²) in [6, 6.07) is 0. The smallest absolute Gasteiger partial charge is 0.220 e. The van der Waals surface area contributed by atoms with Gasteiger partial charge in [-0.3, -0.25) is 4.79 Å². The van der Waals surface area contributed by atoms with Crippen molar-refractivity contribution in [3.8, 4) is 0 Å². The fraction of sp³-hybridized carbons (Fsp3) is 0.667. The number of nitrogens with zero attached hydrogens (tertiary/aromatic N) is 1. The summed E-state index contributed by atoms with van der Waals surface area (Å²) in [4.78, 5) is 11.5. The Morgan fingerprint density at radius 1 is 1.47 bits per heavy atom. The van der Waals surface area contributed by atoms with Gasteiger partial charge < -0.3 is 14.9 Å². The molecule has 17 heavy (non-hydrogen) atoms. The van der Waals surface area contributed by atoms with Crippen LogP contribution in [0, 0.1) is 13.8 Å². The molecule has 0 aliphatic carbocycles. The molecule has 96 valence electrons. The topological polar surface area (TPSA) is 75.4 Å². The molecular formula is C12H20N2O3. The second-order valence-corrected chi connectivity index (χ2v) is 4.89. The Balaban J connectivity index is 2.39. The van der Waals surface area contributed by atoms with E-state index >= 15 is 0 Å². The van der Waals surface area contributed by atoms with E-state index < -0.39 is 5.60 Å². The van der Waals surface area contributed by atoms with E-state index in [0.717, 1.165) is 17.0 Å². The van der Waals surface area contributed by atoms with Crippen molar-refractivity contribution < 1.29 is 14.4 Å². The molecule has 0 atom stereocenters. The third-order valence-electron chi connectivity index (χ3n) is 2.50. The van der Waals surface area contributed by atoms with Gasteiger partial charge in [0.15, 0.2) is 0 Å². The van der Waals surface area contributed by atoms with Crippen LogP contribution in [0.1, 0.15) is 37.3 Å². The number of rotatable bonds is 5. The second-order valence-electron chi connectivity index (χ2n) is 4.89. The molecule has 5 heteroatoms. The first-order chi connectivity index (χ1) is 7.79. The van der Waals surface area contributed by atoms with Crippen molar-refractivity contribution in [1.82, 2.24) is 10.5 Å². The van der Waals surface area contributed by atoms with Crippen molar-refractivity contribution >= 4 is 5.91 Å². The predicted molar refractivity (Wildman–Crippen MR) is 63.6 cm³/mol. The normalized spacial score (nSPS) is 11.6. The number of hydrogen-bond acceptors (Lipinski definition) is 4. The van der Waals surface area contributed by atoms with Gasteiger partial charge >= 0.3 is 0 Å². The lowest BCUT2D eigenvalue weighted by Crippen LogP contribution is -2.38. The first kappa shape index (κ1) is 13.7. The summed E-state index contributed by atoms with van der Waals surface area (Å²) >= 11 is 0. The van der Waals surface area contributed by atoms with Crippen LogP contribution in [0.4, 0.5) is 0 Å². The van der Waals surface area contributed by atoms with Crippen LogP contribution >= 0.6 is 0 Å². The van der Waals surface area contributed by atoms with Gasteiger partial charge in [0.2, 0.25) is 5.91 Å². The van der Waals surface area contributed by atoms with Crippen LogP contribution in [0.15, 0.2) is 4.52 Å². The molecule has 1 rings (SSSR count). The van der Waals surface area contributed by atoms with Crippen LogP contribution in [0.2, 0.25) is 0 Å². The number of aliphatic hydroxyl groups is 1. The maximum absolute atomic E-state index is 11.5. The fourth-order valence-corrected chi connectivity index (χ4v) is 1.50. The molecule has 5 nitrogen and oxygen atoms in total. The first-order valence-electron chi connectivity index (χ1n) is 5.70. The van der Waals surface area contributed by atoms with Gasteiger partial charge in [-0.15, -0.1) is 0 Å². The minimum absolute atomic E-state index is 0.0767. The molecule has 1 aromatic heterocycles. The van der Waals surface area contributed by atoms with Crippen molar-refractivity contribution in [2.45, 2.75) is 46.1 Å². The van der Waals surface area contributed by atoms with Crippen LogP contribution in [-0.4, -0.2) is 28.3 Å². The minimum Gasteiger partial charge on any atom is -0.389 e. The first-order valence-corrected chi connectivity index (χ1v) is 5.70. The van der Waals surface area contributed by atoms with Crippen LogP contribution < -0.4 is 5.32 Å². The molecule has 1 amide bonds. The van der Waals surface area contributed by atoms with Crippen molar-refractivity contribution in [1.29, 1.82) is 0 Å². The molecule has 0 aromatic carbocycles. The molecule has 0 saturated carbocycles. The molecule has 0 unspecified atom stereocenters. The van der Waals surface area contributed by atoms with Crippen LogP contribution in [0.25, 0.3) is 0 Å². The number of aromatic nitrogens is 1. The molecule has 0 saturated heterocycles. The quantitative estimate of drug-likeness (QED) is 0.808. The molecule has 0 aliphatic rings. The Labute approximate surface area is 101 Å². The number of amides is 1. The lowest BCUT2D eigenvalue weighted by molar-refractivity contribution is -0.122. The number of hydrogen-bond donors (Lipinski definition) is 2. The molecular weight excluding hydrogens is 220 g/mol. The van der Waals surface area contributed by atoms with E-state index in [1.165, 1.54) is 0 Å².